The topological polar surface area (TPSA) is 118 Å². The van der Waals surface area contributed by atoms with E-state index in [4.69, 9.17) is 9.47 Å². The highest BCUT2D eigenvalue weighted by atomic mass is 32.2. The molecule has 7 atom stereocenters. The third kappa shape index (κ3) is 5.14. The average Bonchev–Trinajstić information content (AvgIpc) is 3.82. The Labute approximate surface area is 285 Å². The maximum Gasteiger partial charge on any atom is 0.418 e. The van der Waals surface area contributed by atoms with Gasteiger partial charge < -0.3 is 19.8 Å². The zero-order valence-corrected chi connectivity index (χ0v) is 27.4. The number of H-pyrrole nitrogens is 1. The lowest BCUT2D eigenvalue weighted by atomic mass is 9.68. The standard InChI is InChI=1S/C35H28F3N3O6S2/c1-46-17-12-10-16(11-13-17)41-32(43)27-19-14-20(28(27)33(41)44)29-26(19)25(30-31(48-29)40-34(45)49-30)18-6-2-5-9-23(18)47-15-24(42)39-22-8-4-3-7-21(22)35(36,37)38/h2-13,19-20,25-29H,14-15H2,1H3,(H,39,42)(H,40,45)/t19?,20?,25-,26?,27?,28?,29?/m1/s1. The maximum atomic E-state index is 14.1. The number of aromatic amines is 1. The number of benzene rings is 3. The van der Waals surface area contributed by atoms with Crippen molar-refractivity contribution in [1.82, 2.24) is 4.98 Å². The Morgan fingerprint density at radius 3 is 2.39 bits per heavy atom. The zero-order chi connectivity index (χ0) is 34.2. The molecule has 8 rings (SSSR count). The van der Waals surface area contributed by atoms with E-state index in [1.165, 1.54) is 23.1 Å². The monoisotopic (exact) mass is 707 g/mol. The molecule has 252 valence electrons. The summed E-state index contributed by atoms with van der Waals surface area (Å²) in [6, 6.07) is 18.6. The minimum Gasteiger partial charge on any atom is -0.497 e. The van der Waals surface area contributed by atoms with Crippen LogP contribution in [-0.2, 0) is 20.6 Å². The number of imide groups is 1. The second-order valence-corrected chi connectivity index (χ2v) is 14.8. The van der Waals surface area contributed by atoms with E-state index in [1.54, 1.807) is 55.3 Å². The molecule has 0 radical (unpaired) electrons. The van der Waals surface area contributed by atoms with Crippen LogP contribution in [0.15, 0.2) is 82.6 Å². The summed E-state index contributed by atoms with van der Waals surface area (Å²) >= 11 is 2.64. The number of rotatable bonds is 7. The Morgan fingerprint density at radius 1 is 0.959 bits per heavy atom. The number of methoxy groups -OCH3 is 1. The number of ether oxygens (including phenoxy) is 2. The van der Waals surface area contributed by atoms with Crippen molar-refractivity contribution in [3.8, 4) is 11.5 Å². The van der Waals surface area contributed by atoms with Crippen molar-refractivity contribution in [2.45, 2.75) is 28.8 Å². The molecule has 2 saturated carbocycles. The largest absolute Gasteiger partial charge is 0.497 e. The second-order valence-electron chi connectivity index (χ2n) is 12.6. The van der Waals surface area contributed by atoms with Gasteiger partial charge in [-0.3, -0.25) is 24.1 Å². The van der Waals surface area contributed by atoms with Crippen LogP contribution < -0.4 is 24.6 Å². The molecule has 6 unspecified atom stereocenters. The van der Waals surface area contributed by atoms with Gasteiger partial charge in [0.2, 0.25) is 11.8 Å². The molecule has 1 aromatic heterocycles. The molecule has 1 saturated heterocycles. The van der Waals surface area contributed by atoms with Gasteiger partial charge in [0.15, 0.2) is 6.61 Å². The van der Waals surface area contributed by atoms with Crippen molar-refractivity contribution in [3.05, 3.63) is 98.5 Å². The number of alkyl halides is 3. The van der Waals surface area contributed by atoms with Gasteiger partial charge in [-0.05, 0) is 66.6 Å². The smallest absolute Gasteiger partial charge is 0.418 e. The van der Waals surface area contributed by atoms with Gasteiger partial charge in [-0.1, -0.05) is 41.7 Å². The molecule has 9 nitrogen and oxygen atoms in total. The molecule has 2 N–H and O–H groups in total. The van der Waals surface area contributed by atoms with Gasteiger partial charge in [0, 0.05) is 21.6 Å². The molecule has 4 aromatic rings. The lowest BCUT2D eigenvalue weighted by molar-refractivity contribution is -0.137. The molecule has 2 aliphatic heterocycles. The molecule has 2 bridgehead atoms. The molecule has 4 aliphatic rings. The molecule has 3 heterocycles. The number of nitrogens with one attached hydrogen (secondary N) is 2. The Bertz CT molecular complexity index is 2050. The number of hydrogen-bond acceptors (Lipinski definition) is 8. The van der Waals surface area contributed by atoms with E-state index in [2.05, 4.69) is 10.3 Å². The van der Waals surface area contributed by atoms with E-state index in [9.17, 15) is 32.3 Å². The van der Waals surface area contributed by atoms with Crippen LogP contribution in [0.25, 0.3) is 0 Å². The van der Waals surface area contributed by atoms with E-state index in [0.29, 0.717) is 34.2 Å². The average molecular weight is 708 g/mol. The molecule has 3 aromatic carbocycles. The van der Waals surface area contributed by atoms with Crippen molar-refractivity contribution >= 4 is 52.2 Å². The predicted molar refractivity (Wildman–Crippen MR) is 176 cm³/mol. The fraction of sp³-hybridized carbons (Fsp3) is 0.314. The first-order chi connectivity index (χ1) is 23.5. The van der Waals surface area contributed by atoms with E-state index >= 15 is 0 Å². The molecule has 0 spiro atoms. The van der Waals surface area contributed by atoms with Gasteiger partial charge in [-0.2, -0.15) is 13.2 Å². The molecule has 3 fully saturated rings. The highest BCUT2D eigenvalue weighted by Gasteiger charge is 2.69. The predicted octanol–water partition coefficient (Wildman–Crippen LogP) is 6.16. The Morgan fingerprint density at radius 2 is 1.65 bits per heavy atom. The summed E-state index contributed by atoms with van der Waals surface area (Å²) in [5.74, 6) is -2.02. The lowest BCUT2D eigenvalue weighted by Gasteiger charge is -2.43. The van der Waals surface area contributed by atoms with Crippen molar-refractivity contribution in [3.63, 3.8) is 0 Å². The number of hydrogen-bond donors (Lipinski definition) is 2. The summed E-state index contributed by atoms with van der Waals surface area (Å²) < 4.78 is 51.8. The van der Waals surface area contributed by atoms with Gasteiger partial charge in [-0.15, -0.1) is 11.8 Å². The van der Waals surface area contributed by atoms with Crippen LogP contribution in [0.1, 0.15) is 28.3 Å². The zero-order valence-electron chi connectivity index (χ0n) is 25.7. The number of fused-ring (bicyclic) bond motifs is 9. The summed E-state index contributed by atoms with van der Waals surface area (Å²) in [6.07, 6.45) is -3.97. The Hall–Kier alpha value is -4.56. The number of para-hydroxylation sites is 2. The minimum atomic E-state index is -4.65. The number of aromatic nitrogens is 1. The van der Waals surface area contributed by atoms with E-state index in [1.807, 2.05) is 12.1 Å². The van der Waals surface area contributed by atoms with Crippen molar-refractivity contribution in [2.24, 2.45) is 29.6 Å². The molecule has 2 aliphatic carbocycles. The van der Waals surface area contributed by atoms with Gasteiger partial charge in [0.05, 0.1) is 40.9 Å². The number of amides is 3. The van der Waals surface area contributed by atoms with Gasteiger partial charge in [-0.25, -0.2) is 0 Å². The first-order valence-electron chi connectivity index (χ1n) is 15.6. The molecule has 14 heteroatoms. The van der Waals surface area contributed by atoms with Crippen molar-refractivity contribution in [1.29, 1.82) is 0 Å². The quantitative estimate of drug-likeness (QED) is 0.221. The summed E-state index contributed by atoms with van der Waals surface area (Å²) in [7, 11) is 1.54. The lowest BCUT2D eigenvalue weighted by Crippen LogP contribution is -2.42. The van der Waals surface area contributed by atoms with Crippen LogP contribution in [0.3, 0.4) is 0 Å². The van der Waals surface area contributed by atoms with Gasteiger partial charge >= 0.3 is 11.0 Å². The minimum absolute atomic E-state index is 0.0724. The third-order valence-corrected chi connectivity index (χ3v) is 12.8. The SMILES string of the molecule is COc1ccc(N2C(=O)C3C4CC(C3C2=O)C2C4Sc3[nH]c(=O)sc3[C@@H]2c2ccccc2OCC(=O)Nc2ccccc2C(F)(F)F)cc1. The number of carbonyl (C=O) groups excluding carboxylic acids is 3. The summed E-state index contributed by atoms with van der Waals surface area (Å²) in [5.41, 5.74) is -0.146. The third-order valence-electron chi connectivity index (χ3n) is 10.2. The Balaban J connectivity index is 1.10. The maximum absolute atomic E-state index is 14.1. The second kappa shape index (κ2) is 11.8. The first-order valence-corrected chi connectivity index (χ1v) is 17.3. The van der Waals surface area contributed by atoms with Gasteiger partial charge in [0.1, 0.15) is 11.5 Å². The van der Waals surface area contributed by atoms with Crippen LogP contribution in [0, 0.1) is 29.6 Å². The van der Waals surface area contributed by atoms with Crippen LogP contribution in [-0.4, -0.2) is 41.7 Å². The van der Waals surface area contributed by atoms with Crippen molar-refractivity contribution < 1.29 is 37.0 Å². The fourth-order valence-corrected chi connectivity index (χ4v) is 11.3. The number of thioether (sulfide) groups is 1. The number of nitrogens with zero attached hydrogens (tertiary/aromatic N) is 1. The fourth-order valence-electron chi connectivity index (χ4n) is 8.39. The number of halogens is 3. The van der Waals surface area contributed by atoms with E-state index in [-0.39, 0.29) is 51.3 Å². The number of carbonyl (C=O) groups is 3. The summed E-state index contributed by atoms with van der Waals surface area (Å²) in [4.78, 5) is 58.4. The van der Waals surface area contributed by atoms with Crippen LogP contribution in [0.2, 0.25) is 0 Å². The highest BCUT2D eigenvalue weighted by Crippen LogP contribution is 2.69. The molecule has 3 amide bonds. The normalized spacial score (nSPS) is 26.7. The van der Waals surface area contributed by atoms with Crippen LogP contribution >= 0.6 is 23.1 Å². The highest BCUT2D eigenvalue weighted by molar-refractivity contribution is 8.00. The number of thiazole rings is 1. The van der Waals surface area contributed by atoms with E-state index in [0.717, 1.165) is 22.3 Å². The Kier molecular flexibility index (Phi) is 7.63. The molecular formula is C35H28F3N3O6S2. The van der Waals surface area contributed by atoms with Gasteiger partial charge in [0.25, 0.3) is 5.91 Å². The van der Waals surface area contributed by atoms with Crippen LogP contribution in [0.4, 0.5) is 24.5 Å². The van der Waals surface area contributed by atoms with Crippen molar-refractivity contribution in [2.75, 3.05) is 23.9 Å². The van der Waals surface area contributed by atoms with Crippen LogP contribution in [0.5, 0.6) is 11.5 Å². The summed E-state index contributed by atoms with van der Waals surface area (Å²) in [5, 5.41) is 2.95. The molecule has 49 heavy (non-hydrogen) atoms. The number of anilines is 2. The first kappa shape index (κ1) is 31.7. The van der Waals surface area contributed by atoms with E-state index < -0.39 is 36.1 Å². The summed E-state index contributed by atoms with van der Waals surface area (Å²) in [6.45, 7) is -0.560. The molecular weight excluding hydrogens is 680 g/mol.